The molecule has 1 aliphatic carbocycles. The van der Waals surface area contributed by atoms with E-state index in [1.807, 2.05) is 17.4 Å². The Balaban J connectivity index is 1.43. The Labute approximate surface area is 162 Å². The number of amides is 1. The summed E-state index contributed by atoms with van der Waals surface area (Å²) in [6, 6.07) is 17.1. The van der Waals surface area contributed by atoms with E-state index in [1.165, 1.54) is 21.2 Å². The first-order chi connectivity index (χ1) is 13.2. The average molecular weight is 377 g/mol. The molecule has 0 aliphatic heterocycles. The van der Waals surface area contributed by atoms with Crippen molar-refractivity contribution in [2.24, 2.45) is 0 Å². The van der Waals surface area contributed by atoms with Crippen LogP contribution in [0.1, 0.15) is 41.0 Å². The van der Waals surface area contributed by atoms with Gasteiger partial charge in [-0.1, -0.05) is 42.5 Å². The first-order valence-corrected chi connectivity index (χ1v) is 10.1. The summed E-state index contributed by atoms with van der Waals surface area (Å²) in [6.45, 7) is 2.45. The molecule has 3 N–H and O–H groups in total. The van der Waals surface area contributed by atoms with Crippen LogP contribution in [-0.2, 0) is 17.6 Å². The number of carbonyl (C=O) groups is 1. The maximum atomic E-state index is 12.5. The van der Waals surface area contributed by atoms with Crippen molar-refractivity contribution in [1.82, 2.24) is 0 Å². The van der Waals surface area contributed by atoms with Gasteiger partial charge in [0.2, 0.25) is 0 Å². The van der Waals surface area contributed by atoms with Crippen LogP contribution >= 0.6 is 11.3 Å². The quantitative estimate of drug-likeness (QED) is 0.715. The zero-order chi connectivity index (χ0) is 18.8. The first-order valence-electron chi connectivity index (χ1n) is 9.33. The topological polar surface area (TPSA) is 69.5 Å². The Kier molecular flexibility index (Phi) is 4.93. The van der Waals surface area contributed by atoms with Crippen molar-refractivity contribution >= 4 is 33.0 Å². The SMILES string of the molecule is C[C@@H]([NH2+]CC(=O)Nc1sc2c(c1C#N)CCC2)c1cccc2ccccc12. The first kappa shape index (κ1) is 17.7. The molecule has 0 unspecified atom stereocenters. The summed E-state index contributed by atoms with van der Waals surface area (Å²) in [7, 11) is 0. The molecule has 0 saturated heterocycles. The molecule has 0 bridgehead atoms. The molecule has 0 spiro atoms. The van der Waals surface area contributed by atoms with Crippen LogP contribution in [-0.4, -0.2) is 12.5 Å². The van der Waals surface area contributed by atoms with Gasteiger partial charge < -0.3 is 10.6 Å². The fourth-order valence-corrected chi connectivity index (χ4v) is 5.10. The number of hydrogen-bond donors (Lipinski definition) is 2. The van der Waals surface area contributed by atoms with Crippen molar-refractivity contribution in [3.8, 4) is 6.07 Å². The molecule has 1 atom stereocenters. The molecule has 0 fully saturated rings. The maximum Gasteiger partial charge on any atom is 0.280 e. The lowest BCUT2D eigenvalue weighted by atomic mass is 10.00. The smallest absolute Gasteiger partial charge is 0.280 e. The highest BCUT2D eigenvalue weighted by Crippen LogP contribution is 2.38. The summed E-state index contributed by atoms with van der Waals surface area (Å²) in [6.07, 6.45) is 3.09. The van der Waals surface area contributed by atoms with E-state index in [9.17, 15) is 10.1 Å². The number of nitriles is 1. The minimum Gasteiger partial charge on any atom is -0.332 e. The van der Waals surface area contributed by atoms with Crippen molar-refractivity contribution < 1.29 is 10.1 Å². The molecule has 1 aliphatic rings. The zero-order valence-corrected chi connectivity index (χ0v) is 16.1. The van der Waals surface area contributed by atoms with E-state index in [-0.39, 0.29) is 11.9 Å². The molecule has 0 saturated carbocycles. The van der Waals surface area contributed by atoms with Gasteiger partial charge in [0, 0.05) is 10.4 Å². The normalized spacial score (nSPS) is 13.9. The minimum atomic E-state index is -0.0569. The number of benzene rings is 2. The Bertz CT molecular complexity index is 1040. The van der Waals surface area contributed by atoms with Crippen LogP contribution in [0.15, 0.2) is 42.5 Å². The summed E-state index contributed by atoms with van der Waals surface area (Å²) in [4.78, 5) is 13.7. The number of nitrogens with zero attached hydrogens (tertiary/aromatic N) is 1. The highest BCUT2D eigenvalue weighted by Gasteiger charge is 2.23. The number of carbonyl (C=O) groups excluding carboxylic acids is 1. The number of nitrogens with two attached hydrogens (primary N) is 1. The van der Waals surface area contributed by atoms with Crippen molar-refractivity contribution in [2.45, 2.75) is 32.2 Å². The van der Waals surface area contributed by atoms with Crippen LogP contribution in [0.3, 0.4) is 0 Å². The molecule has 5 heteroatoms. The largest absolute Gasteiger partial charge is 0.332 e. The van der Waals surface area contributed by atoms with E-state index in [4.69, 9.17) is 0 Å². The average Bonchev–Trinajstić information content (AvgIpc) is 3.26. The number of rotatable bonds is 5. The van der Waals surface area contributed by atoms with Crippen molar-refractivity contribution in [1.29, 1.82) is 5.26 Å². The van der Waals surface area contributed by atoms with Gasteiger partial charge in [0.25, 0.3) is 5.91 Å². The molecule has 136 valence electrons. The third kappa shape index (κ3) is 3.46. The highest BCUT2D eigenvalue weighted by atomic mass is 32.1. The molecule has 0 radical (unpaired) electrons. The van der Waals surface area contributed by atoms with Crippen LogP contribution in [0.2, 0.25) is 0 Å². The van der Waals surface area contributed by atoms with Crippen molar-refractivity contribution in [3.05, 3.63) is 64.0 Å². The monoisotopic (exact) mass is 376 g/mol. The molecule has 1 amide bonds. The fourth-order valence-electron chi connectivity index (χ4n) is 3.85. The van der Waals surface area contributed by atoms with Gasteiger partial charge in [-0.15, -0.1) is 11.3 Å². The number of hydrogen-bond acceptors (Lipinski definition) is 3. The fraction of sp³-hybridized carbons (Fsp3) is 0.273. The summed E-state index contributed by atoms with van der Waals surface area (Å²) in [5, 5.41) is 17.6. The second kappa shape index (κ2) is 7.51. The summed E-state index contributed by atoms with van der Waals surface area (Å²) in [5.41, 5.74) is 3.04. The van der Waals surface area contributed by atoms with Gasteiger partial charge >= 0.3 is 0 Å². The van der Waals surface area contributed by atoms with Crippen LogP contribution in [0.5, 0.6) is 0 Å². The van der Waals surface area contributed by atoms with Gasteiger partial charge in [0.05, 0.1) is 5.56 Å². The number of aryl methyl sites for hydroxylation is 1. The van der Waals surface area contributed by atoms with E-state index >= 15 is 0 Å². The zero-order valence-electron chi connectivity index (χ0n) is 15.3. The molecule has 27 heavy (non-hydrogen) atoms. The van der Waals surface area contributed by atoms with E-state index in [0.29, 0.717) is 12.1 Å². The molecule has 1 heterocycles. The number of thiophene rings is 1. The third-order valence-electron chi connectivity index (χ3n) is 5.26. The second-order valence-electron chi connectivity index (χ2n) is 7.02. The Morgan fingerprint density at radius 1 is 1.26 bits per heavy atom. The predicted octanol–water partition coefficient (Wildman–Crippen LogP) is 3.52. The van der Waals surface area contributed by atoms with Crippen LogP contribution < -0.4 is 10.6 Å². The van der Waals surface area contributed by atoms with Gasteiger partial charge in [-0.05, 0) is 42.5 Å². The van der Waals surface area contributed by atoms with Crippen LogP contribution in [0.4, 0.5) is 5.00 Å². The van der Waals surface area contributed by atoms with Crippen LogP contribution in [0.25, 0.3) is 10.8 Å². The van der Waals surface area contributed by atoms with Gasteiger partial charge in [0.15, 0.2) is 6.54 Å². The summed E-state index contributed by atoms with van der Waals surface area (Å²) in [5.74, 6) is -0.0569. The van der Waals surface area contributed by atoms with E-state index in [1.54, 1.807) is 11.3 Å². The lowest BCUT2D eigenvalue weighted by molar-refractivity contribution is -0.682. The van der Waals surface area contributed by atoms with Gasteiger partial charge in [-0.25, -0.2) is 0 Å². The van der Waals surface area contributed by atoms with Gasteiger partial charge in [-0.3, -0.25) is 4.79 Å². The number of anilines is 1. The van der Waals surface area contributed by atoms with E-state index < -0.39 is 0 Å². The van der Waals surface area contributed by atoms with Crippen molar-refractivity contribution in [3.63, 3.8) is 0 Å². The number of nitrogens with one attached hydrogen (secondary N) is 1. The summed E-state index contributed by atoms with van der Waals surface area (Å²) < 4.78 is 0. The van der Waals surface area contributed by atoms with E-state index in [2.05, 4.69) is 48.6 Å². The highest BCUT2D eigenvalue weighted by molar-refractivity contribution is 7.16. The molecule has 2 aromatic carbocycles. The molecular weight excluding hydrogens is 354 g/mol. The standard InChI is InChI=1S/C22H21N3OS/c1-14(16-9-4-7-15-6-2-3-8-17(15)16)24-13-21(26)25-22-19(12-23)18-10-5-11-20(18)27-22/h2-4,6-9,14,24H,5,10-11,13H2,1H3,(H,25,26)/p+1/t14-/m1/s1. The minimum absolute atomic E-state index is 0.0569. The lowest BCUT2D eigenvalue weighted by Gasteiger charge is -2.13. The Morgan fingerprint density at radius 3 is 2.93 bits per heavy atom. The molecular formula is C22H22N3OS+. The van der Waals surface area contributed by atoms with E-state index in [0.717, 1.165) is 29.8 Å². The molecule has 1 aromatic heterocycles. The lowest BCUT2D eigenvalue weighted by Crippen LogP contribution is -2.86. The number of quaternary nitrogens is 1. The molecule has 4 rings (SSSR count). The van der Waals surface area contributed by atoms with Crippen LogP contribution in [0, 0.1) is 11.3 Å². The Hall–Kier alpha value is -2.68. The maximum absolute atomic E-state index is 12.5. The number of fused-ring (bicyclic) bond motifs is 2. The summed E-state index contributed by atoms with van der Waals surface area (Å²) >= 11 is 1.57. The second-order valence-corrected chi connectivity index (χ2v) is 8.12. The van der Waals surface area contributed by atoms with Crippen molar-refractivity contribution in [2.75, 3.05) is 11.9 Å². The van der Waals surface area contributed by atoms with Gasteiger partial charge in [0.1, 0.15) is 17.1 Å². The molecule has 3 aromatic rings. The predicted molar refractivity (Wildman–Crippen MR) is 109 cm³/mol. The Morgan fingerprint density at radius 2 is 2.07 bits per heavy atom. The third-order valence-corrected chi connectivity index (χ3v) is 6.46. The molecule has 4 nitrogen and oxygen atoms in total. The van der Waals surface area contributed by atoms with Gasteiger partial charge in [-0.2, -0.15) is 5.26 Å².